The minimum atomic E-state index is 0.616. The van der Waals surface area contributed by atoms with Gasteiger partial charge >= 0.3 is 0 Å². The lowest BCUT2D eigenvalue weighted by atomic mass is 9.85. The van der Waals surface area contributed by atoms with Gasteiger partial charge in [-0.3, -0.25) is 0 Å². The summed E-state index contributed by atoms with van der Waals surface area (Å²) in [6.45, 7) is 5.10. The number of aryl methyl sites for hydroxylation is 1. The number of rotatable bonds is 3. The van der Waals surface area contributed by atoms with Crippen LogP contribution in [0.3, 0.4) is 0 Å². The fourth-order valence-corrected chi connectivity index (χ4v) is 2.24. The van der Waals surface area contributed by atoms with Crippen LogP contribution in [0.5, 0.6) is 5.88 Å². The third-order valence-corrected chi connectivity index (χ3v) is 4.22. The van der Waals surface area contributed by atoms with Crippen molar-refractivity contribution in [3.8, 4) is 5.88 Å². The zero-order valence-corrected chi connectivity index (χ0v) is 11.9. The van der Waals surface area contributed by atoms with E-state index in [-0.39, 0.29) is 0 Å². The van der Waals surface area contributed by atoms with Crippen LogP contribution in [-0.2, 0) is 0 Å². The van der Waals surface area contributed by atoms with Crippen LogP contribution in [0, 0.1) is 18.8 Å². The smallest absolute Gasteiger partial charge is 0.213 e. The van der Waals surface area contributed by atoms with Crippen molar-refractivity contribution in [1.29, 1.82) is 0 Å². The summed E-state index contributed by atoms with van der Waals surface area (Å²) >= 11 is 3.44. The topological polar surface area (TPSA) is 22.1 Å². The van der Waals surface area contributed by atoms with Crippen molar-refractivity contribution < 1.29 is 4.74 Å². The van der Waals surface area contributed by atoms with E-state index >= 15 is 0 Å². The van der Waals surface area contributed by atoms with Crippen LogP contribution in [0.1, 0.15) is 25.3 Å². The van der Waals surface area contributed by atoms with Gasteiger partial charge in [0.2, 0.25) is 5.88 Å². The number of ether oxygens (including phenoxy) is 1. The summed E-state index contributed by atoms with van der Waals surface area (Å²) in [5.74, 6) is 2.05. The number of halogens is 1. The maximum absolute atomic E-state index is 5.79. The van der Waals surface area contributed by atoms with Crippen LogP contribution in [-0.4, -0.2) is 11.6 Å². The molecule has 1 aliphatic rings. The Balaban J connectivity index is 1.93. The first kappa shape index (κ1) is 12.6. The van der Waals surface area contributed by atoms with E-state index in [2.05, 4.69) is 40.0 Å². The Bertz CT molecular complexity index is 417. The SMILES string of the molecule is Cc1cc(OCC2CC=CCC2C)ncc1Br. The Morgan fingerprint density at radius 3 is 2.88 bits per heavy atom. The number of pyridine rings is 1. The van der Waals surface area contributed by atoms with E-state index in [1.165, 1.54) is 6.42 Å². The van der Waals surface area contributed by atoms with Gasteiger partial charge in [-0.2, -0.15) is 0 Å². The van der Waals surface area contributed by atoms with Crippen molar-refractivity contribution >= 4 is 15.9 Å². The molecule has 2 atom stereocenters. The number of hydrogen-bond acceptors (Lipinski definition) is 2. The van der Waals surface area contributed by atoms with E-state index in [0.717, 1.165) is 28.9 Å². The predicted molar refractivity (Wildman–Crippen MR) is 73.2 cm³/mol. The molecule has 2 nitrogen and oxygen atoms in total. The molecule has 0 amide bonds. The van der Waals surface area contributed by atoms with Crippen molar-refractivity contribution in [3.63, 3.8) is 0 Å². The fourth-order valence-electron chi connectivity index (χ4n) is 2.02. The van der Waals surface area contributed by atoms with Gasteiger partial charge in [0.25, 0.3) is 0 Å². The average Bonchev–Trinajstić information content (AvgIpc) is 2.32. The Kier molecular flexibility index (Phi) is 4.21. The summed E-state index contributed by atoms with van der Waals surface area (Å²) in [5.41, 5.74) is 1.16. The van der Waals surface area contributed by atoms with Gasteiger partial charge in [0.05, 0.1) is 6.61 Å². The maximum atomic E-state index is 5.79. The van der Waals surface area contributed by atoms with Gasteiger partial charge < -0.3 is 4.74 Å². The summed E-state index contributed by atoms with van der Waals surface area (Å²) in [6, 6.07) is 1.98. The second kappa shape index (κ2) is 5.67. The molecule has 1 aliphatic carbocycles. The summed E-state index contributed by atoms with van der Waals surface area (Å²) in [6.07, 6.45) is 8.61. The Morgan fingerprint density at radius 2 is 2.18 bits per heavy atom. The molecule has 1 aromatic heterocycles. The number of aromatic nitrogens is 1. The molecule has 3 heteroatoms. The molecule has 0 spiro atoms. The van der Waals surface area contributed by atoms with Gasteiger partial charge in [-0.25, -0.2) is 4.98 Å². The van der Waals surface area contributed by atoms with Crippen molar-refractivity contribution in [2.24, 2.45) is 11.8 Å². The van der Waals surface area contributed by atoms with Crippen LogP contribution < -0.4 is 4.74 Å². The molecule has 0 saturated heterocycles. The second-order valence-corrected chi connectivity index (χ2v) is 5.62. The lowest BCUT2D eigenvalue weighted by Crippen LogP contribution is -2.21. The van der Waals surface area contributed by atoms with E-state index in [9.17, 15) is 0 Å². The molecule has 0 bridgehead atoms. The standard InChI is InChI=1S/C14H18BrNO/c1-10-5-3-4-6-12(10)9-17-14-7-11(2)13(15)8-16-14/h3-4,7-8,10,12H,5-6,9H2,1-2H3. The quantitative estimate of drug-likeness (QED) is 0.782. The number of allylic oxidation sites excluding steroid dienone is 2. The molecule has 0 N–H and O–H groups in total. The van der Waals surface area contributed by atoms with Crippen LogP contribution >= 0.6 is 15.9 Å². The Hall–Kier alpha value is -0.830. The van der Waals surface area contributed by atoms with Crippen molar-refractivity contribution in [2.45, 2.75) is 26.7 Å². The van der Waals surface area contributed by atoms with Gasteiger partial charge in [-0.15, -0.1) is 0 Å². The zero-order valence-electron chi connectivity index (χ0n) is 10.3. The summed E-state index contributed by atoms with van der Waals surface area (Å²) in [7, 11) is 0. The van der Waals surface area contributed by atoms with Gasteiger partial charge in [-0.1, -0.05) is 19.1 Å². The lowest BCUT2D eigenvalue weighted by molar-refractivity contribution is 0.192. The zero-order chi connectivity index (χ0) is 12.3. The summed E-state index contributed by atoms with van der Waals surface area (Å²) in [4.78, 5) is 4.26. The van der Waals surface area contributed by atoms with Crippen molar-refractivity contribution in [2.75, 3.05) is 6.61 Å². The molecule has 1 heterocycles. The van der Waals surface area contributed by atoms with E-state index in [1.807, 2.05) is 13.0 Å². The minimum Gasteiger partial charge on any atom is -0.477 e. The highest BCUT2D eigenvalue weighted by atomic mass is 79.9. The molecule has 0 fully saturated rings. The average molecular weight is 296 g/mol. The molecule has 2 rings (SSSR count). The molecule has 1 aromatic rings. The molecular formula is C14H18BrNO. The predicted octanol–water partition coefficient (Wildman–Crippen LogP) is 4.13. The first-order valence-electron chi connectivity index (χ1n) is 6.06. The largest absolute Gasteiger partial charge is 0.477 e. The van der Waals surface area contributed by atoms with Crippen LogP contribution in [0.4, 0.5) is 0 Å². The highest BCUT2D eigenvalue weighted by Gasteiger charge is 2.19. The van der Waals surface area contributed by atoms with Gasteiger partial charge in [-0.05, 0) is 53.1 Å². The third-order valence-electron chi connectivity index (χ3n) is 3.39. The lowest BCUT2D eigenvalue weighted by Gasteiger charge is -2.24. The number of nitrogens with zero attached hydrogens (tertiary/aromatic N) is 1. The normalized spacial score (nSPS) is 23.7. The van der Waals surface area contributed by atoms with E-state index < -0.39 is 0 Å². The second-order valence-electron chi connectivity index (χ2n) is 4.76. The fraction of sp³-hybridized carbons (Fsp3) is 0.500. The molecule has 17 heavy (non-hydrogen) atoms. The van der Waals surface area contributed by atoms with E-state index in [1.54, 1.807) is 6.20 Å². The highest BCUT2D eigenvalue weighted by molar-refractivity contribution is 9.10. The summed E-state index contributed by atoms with van der Waals surface area (Å²) < 4.78 is 6.81. The molecular weight excluding hydrogens is 278 g/mol. The molecule has 0 aromatic carbocycles. The summed E-state index contributed by atoms with van der Waals surface area (Å²) in [5, 5.41) is 0. The van der Waals surface area contributed by atoms with Gasteiger partial charge in [0.1, 0.15) is 0 Å². The first-order valence-corrected chi connectivity index (χ1v) is 6.86. The third kappa shape index (κ3) is 3.32. The van der Waals surface area contributed by atoms with E-state index in [0.29, 0.717) is 11.8 Å². The number of hydrogen-bond donors (Lipinski definition) is 0. The first-order chi connectivity index (χ1) is 8.16. The van der Waals surface area contributed by atoms with Crippen molar-refractivity contribution in [1.82, 2.24) is 4.98 Å². The molecule has 0 aliphatic heterocycles. The maximum Gasteiger partial charge on any atom is 0.213 e. The Labute approximate surface area is 111 Å². The molecule has 2 unspecified atom stereocenters. The van der Waals surface area contributed by atoms with Crippen LogP contribution in [0.2, 0.25) is 0 Å². The Morgan fingerprint density at radius 1 is 1.41 bits per heavy atom. The molecule has 92 valence electrons. The van der Waals surface area contributed by atoms with Crippen LogP contribution in [0.15, 0.2) is 28.9 Å². The minimum absolute atomic E-state index is 0.616. The van der Waals surface area contributed by atoms with Crippen molar-refractivity contribution in [3.05, 3.63) is 34.5 Å². The van der Waals surface area contributed by atoms with Gasteiger partial charge in [0.15, 0.2) is 0 Å². The van der Waals surface area contributed by atoms with Crippen LogP contribution in [0.25, 0.3) is 0 Å². The van der Waals surface area contributed by atoms with Gasteiger partial charge in [0, 0.05) is 16.7 Å². The molecule has 0 saturated carbocycles. The monoisotopic (exact) mass is 295 g/mol. The molecule has 0 radical (unpaired) electrons. The van der Waals surface area contributed by atoms with E-state index in [4.69, 9.17) is 4.74 Å². The highest BCUT2D eigenvalue weighted by Crippen LogP contribution is 2.26.